The average Bonchev–Trinajstić information content (AvgIpc) is 3.20. The van der Waals surface area contributed by atoms with Crippen LogP contribution in [0.5, 0.6) is 5.75 Å². The van der Waals surface area contributed by atoms with Gasteiger partial charge in [0.15, 0.2) is 11.6 Å². The fourth-order valence-corrected chi connectivity index (χ4v) is 4.93. The molecule has 10 heteroatoms. The molecule has 1 saturated heterocycles. The Labute approximate surface area is 206 Å². The summed E-state index contributed by atoms with van der Waals surface area (Å²) in [6.07, 6.45) is 4.30. The highest BCUT2D eigenvalue weighted by Gasteiger charge is 2.39. The minimum absolute atomic E-state index is 0.0244. The fourth-order valence-electron chi connectivity index (χ4n) is 4.26. The van der Waals surface area contributed by atoms with Gasteiger partial charge in [0.1, 0.15) is 17.5 Å². The van der Waals surface area contributed by atoms with Crippen LogP contribution in [-0.4, -0.2) is 45.8 Å². The first-order chi connectivity index (χ1) is 16.3. The van der Waals surface area contributed by atoms with Crippen molar-refractivity contribution in [3.63, 3.8) is 0 Å². The first-order valence-corrected chi connectivity index (χ1v) is 11.6. The van der Waals surface area contributed by atoms with E-state index < -0.39 is 6.10 Å². The molecule has 0 radical (unpaired) electrons. The van der Waals surface area contributed by atoms with E-state index in [2.05, 4.69) is 32.4 Å². The Hall–Kier alpha value is -2.94. The van der Waals surface area contributed by atoms with Gasteiger partial charge in [-0.05, 0) is 45.2 Å². The van der Waals surface area contributed by atoms with E-state index in [1.807, 2.05) is 37.1 Å². The molecule has 0 amide bonds. The van der Waals surface area contributed by atoms with Gasteiger partial charge < -0.3 is 15.0 Å². The first kappa shape index (κ1) is 22.8. The zero-order valence-corrected chi connectivity index (χ0v) is 20.4. The largest absolute Gasteiger partial charge is 0.486 e. The van der Waals surface area contributed by atoms with Crippen molar-refractivity contribution in [3.05, 3.63) is 64.3 Å². The quantitative estimate of drug-likeness (QED) is 0.368. The number of ether oxygens (including phenoxy) is 1. The number of hydrogen-bond acceptors (Lipinski definition) is 6. The third-order valence-electron chi connectivity index (χ3n) is 6.22. The van der Waals surface area contributed by atoms with Crippen molar-refractivity contribution >= 4 is 39.9 Å². The molecule has 2 N–H and O–H groups in total. The van der Waals surface area contributed by atoms with E-state index in [1.165, 1.54) is 18.5 Å². The number of anilines is 1. The standard InChI is InChI=1S/C24H23Cl2FN6O/c1-13(21-17(25)9-29-10-18(21)26)34-15-4-5-20-16(7-15)22(32-31-20)14-6-19(27)23(30-8-14)33-11-24(2,12-33)28-3/h4-10,13,28H,11-12H2,1-3H3,(H,31,32)/t13-/m1/s1. The van der Waals surface area contributed by atoms with E-state index in [0.29, 0.717) is 51.5 Å². The molecule has 1 aromatic carbocycles. The smallest absolute Gasteiger partial charge is 0.166 e. The van der Waals surface area contributed by atoms with E-state index in [1.54, 1.807) is 6.20 Å². The summed E-state index contributed by atoms with van der Waals surface area (Å²) in [5, 5.41) is 12.3. The van der Waals surface area contributed by atoms with Crippen LogP contribution in [0.15, 0.2) is 42.9 Å². The van der Waals surface area contributed by atoms with Gasteiger partial charge in [-0.2, -0.15) is 5.10 Å². The average molecular weight is 501 g/mol. The zero-order chi connectivity index (χ0) is 24.0. The van der Waals surface area contributed by atoms with Crippen LogP contribution in [0.2, 0.25) is 10.0 Å². The van der Waals surface area contributed by atoms with Crippen LogP contribution in [0.1, 0.15) is 25.5 Å². The summed E-state index contributed by atoms with van der Waals surface area (Å²) in [7, 11) is 1.91. The number of aromatic nitrogens is 4. The Morgan fingerprint density at radius 3 is 2.59 bits per heavy atom. The van der Waals surface area contributed by atoms with Crippen LogP contribution >= 0.6 is 23.2 Å². The van der Waals surface area contributed by atoms with Gasteiger partial charge in [0.2, 0.25) is 0 Å². The SMILES string of the molecule is CNC1(C)CN(c2ncc(-c3n[nH]c4ccc(O[C@H](C)c5c(Cl)cncc5Cl)cc34)cc2F)C1. The monoisotopic (exact) mass is 500 g/mol. The van der Waals surface area contributed by atoms with Gasteiger partial charge in [-0.1, -0.05) is 23.2 Å². The Balaban J connectivity index is 1.42. The van der Waals surface area contributed by atoms with Crippen molar-refractivity contribution in [3.8, 4) is 17.0 Å². The summed E-state index contributed by atoms with van der Waals surface area (Å²) in [6.45, 7) is 5.36. The molecule has 0 spiro atoms. The lowest BCUT2D eigenvalue weighted by Crippen LogP contribution is -2.67. The lowest BCUT2D eigenvalue weighted by molar-refractivity contribution is 0.227. The molecular formula is C24H23Cl2FN6O. The fraction of sp³-hybridized carbons (Fsp3) is 0.292. The van der Waals surface area contributed by atoms with Gasteiger partial charge in [0.05, 0.1) is 21.1 Å². The van der Waals surface area contributed by atoms with Crippen molar-refractivity contribution < 1.29 is 9.13 Å². The molecule has 4 heterocycles. The number of fused-ring (bicyclic) bond motifs is 1. The molecule has 5 rings (SSSR count). The van der Waals surface area contributed by atoms with Crippen molar-refractivity contribution in [1.82, 2.24) is 25.5 Å². The number of nitrogens with zero attached hydrogens (tertiary/aromatic N) is 4. The number of likely N-dealkylation sites (N-methyl/N-ethyl adjacent to an activating group) is 1. The van der Waals surface area contributed by atoms with E-state index in [0.717, 1.165) is 10.9 Å². The van der Waals surface area contributed by atoms with E-state index >= 15 is 0 Å². The molecular weight excluding hydrogens is 478 g/mol. The lowest BCUT2D eigenvalue weighted by atomic mass is 9.92. The molecule has 0 unspecified atom stereocenters. The molecule has 1 aliphatic rings. The highest BCUT2D eigenvalue weighted by atomic mass is 35.5. The number of benzene rings is 1. The first-order valence-electron chi connectivity index (χ1n) is 10.8. The van der Waals surface area contributed by atoms with Gasteiger partial charge in [-0.25, -0.2) is 9.37 Å². The second kappa shape index (κ2) is 8.69. The van der Waals surface area contributed by atoms with Crippen LogP contribution in [-0.2, 0) is 0 Å². The second-order valence-electron chi connectivity index (χ2n) is 8.75. The Morgan fingerprint density at radius 2 is 1.91 bits per heavy atom. The minimum atomic E-state index is -0.408. The predicted molar refractivity (Wildman–Crippen MR) is 132 cm³/mol. The van der Waals surface area contributed by atoms with Gasteiger partial charge in [-0.15, -0.1) is 0 Å². The van der Waals surface area contributed by atoms with E-state index in [9.17, 15) is 4.39 Å². The third kappa shape index (κ3) is 4.06. The highest BCUT2D eigenvalue weighted by Crippen LogP contribution is 2.36. The predicted octanol–water partition coefficient (Wildman–Crippen LogP) is 5.40. The minimum Gasteiger partial charge on any atom is -0.486 e. The van der Waals surface area contributed by atoms with Crippen molar-refractivity contribution in [2.75, 3.05) is 25.0 Å². The number of aromatic amines is 1. The third-order valence-corrected chi connectivity index (χ3v) is 6.82. The molecule has 34 heavy (non-hydrogen) atoms. The van der Waals surface area contributed by atoms with Crippen LogP contribution in [0, 0.1) is 5.82 Å². The number of pyridine rings is 2. The molecule has 176 valence electrons. The Bertz CT molecular complexity index is 1350. The summed E-state index contributed by atoms with van der Waals surface area (Å²) in [5.41, 5.74) is 2.60. The van der Waals surface area contributed by atoms with Crippen molar-refractivity contribution in [2.45, 2.75) is 25.5 Å². The maximum Gasteiger partial charge on any atom is 0.166 e. The molecule has 4 aromatic rings. The Morgan fingerprint density at radius 1 is 1.18 bits per heavy atom. The molecule has 7 nitrogen and oxygen atoms in total. The summed E-state index contributed by atoms with van der Waals surface area (Å²) in [4.78, 5) is 10.3. The van der Waals surface area contributed by atoms with Gasteiger partial charge in [-0.3, -0.25) is 10.1 Å². The maximum atomic E-state index is 15.0. The number of H-pyrrole nitrogens is 1. The summed E-state index contributed by atoms with van der Waals surface area (Å²) in [6, 6.07) is 7.02. The normalized spacial score (nSPS) is 15.9. The second-order valence-corrected chi connectivity index (χ2v) is 9.57. The van der Waals surface area contributed by atoms with Crippen LogP contribution < -0.4 is 15.0 Å². The molecule has 3 aromatic heterocycles. The number of halogens is 3. The Kier molecular flexibility index (Phi) is 5.83. The zero-order valence-electron chi connectivity index (χ0n) is 18.9. The van der Waals surface area contributed by atoms with Gasteiger partial charge >= 0.3 is 0 Å². The lowest BCUT2D eigenvalue weighted by Gasteiger charge is -2.48. The van der Waals surface area contributed by atoms with E-state index in [-0.39, 0.29) is 11.4 Å². The maximum absolute atomic E-state index is 15.0. The summed E-state index contributed by atoms with van der Waals surface area (Å²) < 4.78 is 21.1. The molecule has 1 fully saturated rings. The van der Waals surface area contributed by atoms with Crippen LogP contribution in [0.25, 0.3) is 22.2 Å². The van der Waals surface area contributed by atoms with Gasteiger partial charge in [0.25, 0.3) is 0 Å². The molecule has 0 aliphatic carbocycles. The highest BCUT2D eigenvalue weighted by molar-refractivity contribution is 6.35. The molecule has 1 aliphatic heterocycles. The summed E-state index contributed by atoms with van der Waals surface area (Å²) >= 11 is 12.5. The van der Waals surface area contributed by atoms with Crippen molar-refractivity contribution in [2.24, 2.45) is 0 Å². The van der Waals surface area contributed by atoms with Crippen LogP contribution in [0.3, 0.4) is 0 Å². The number of nitrogens with one attached hydrogen (secondary N) is 2. The van der Waals surface area contributed by atoms with Gasteiger partial charge in [0, 0.05) is 48.2 Å². The van der Waals surface area contributed by atoms with E-state index in [4.69, 9.17) is 27.9 Å². The topological polar surface area (TPSA) is 79.0 Å². The molecule has 1 atom stereocenters. The van der Waals surface area contributed by atoms with Crippen molar-refractivity contribution in [1.29, 1.82) is 0 Å². The van der Waals surface area contributed by atoms with Crippen LogP contribution in [0.4, 0.5) is 10.2 Å². The molecule has 0 saturated carbocycles. The summed E-state index contributed by atoms with van der Waals surface area (Å²) in [5.74, 6) is 0.568. The molecule has 0 bridgehead atoms. The number of rotatable bonds is 6. The number of hydrogen-bond donors (Lipinski definition) is 2.